The van der Waals surface area contributed by atoms with Crippen LogP contribution in [0.3, 0.4) is 0 Å². The maximum Gasteiger partial charge on any atom is 0.275 e. The summed E-state index contributed by atoms with van der Waals surface area (Å²) in [6.45, 7) is 2.42. The number of nitrogens with zero attached hydrogens (tertiary/aromatic N) is 6. The first-order chi connectivity index (χ1) is 17.2. The van der Waals surface area contributed by atoms with Gasteiger partial charge in [-0.05, 0) is 35.9 Å². The molecule has 1 fully saturated rings. The Morgan fingerprint density at radius 2 is 1.57 bits per heavy atom. The molecule has 2 aromatic heterocycles. The summed E-state index contributed by atoms with van der Waals surface area (Å²) in [7, 11) is 3.19. The van der Waals surface area contributed by atoms with Crippen molar-refractivity contribution in [2.24, 2.45) is 0 Å². The first kappa shape index (κ1) is 22.4. The summed E-state index contributed by atoms with van der Waals surface area (Å²) in [6, 6.07) is 17.2. The molecular weight excluding hydrogens is 444 g/mol. The van der Waals surface area contributed by atoms with E-state index >= 15 is 0 Å². The predicted molar refractivity (Wildman–Crippen MR) is 132 cm³/mol. The molecule has 0 saturated carbocycles. The largest absolute Gasteiger partial charge is 0.493 e. The van der Waals surface area contributed by atoms with Crippen LogP contribution in [0.1, 0.15) is 10.5 Å². The van der Waals surface area contributed by atoms with Crippen molar-refractivity contribution in [3.63, 3.8) is 0 Å². The molecule has 1 aliphatic heterocycles. The minimum Gasteiger partial charge on any atom is -0.493 e. The van der Waals surface area contributed by atoms with E-state index < -0.39 is 0 Å². The minimum absolute atomic E-state index is 0.113. The zero-order chi connectivity index (χ0) is 24.2. The van der Waals surface area contributed by atoms with Crippen molar-refractivity contribution < 1.29 is 14.3 Å². The second-order valence-electron chi connectivity index (χ2n) is 8.07. The van der Waals surface area contributed by atoms with Gasteiger partial charge in [-0.1, -0.05) is 24.3 Å². The number of carbonyl (C=O) groups is 1. The molecule has 35 heavy (non-hydrogen) atoms. The molecule has 178 valence electrons. The van der Waals surface area contributed by atoms with Crippen LogP contribution in [0.15, 0.2) is 73.2 Å². The van der Waals surface area contributed by atoms with Gasteiger partial charge in [0.1, 0.15) is 0 Å². The van der Waals surface area contributed by atoms with Crippen molar-refractivity contribution in [3.8, 4) is 28.3 Å². The molecular formula is C26H26N6O3. The first-order valence-corrected chi connectivity index (χ1v) is 11.4. The van der Waals surface area contributed by atoms with Crippen LogP contribution in [0.2, 0.25) is 0 Å². The van der Waals surface area contributed by atoms with E-state index in [-0.39, 0.29) is 5.91 Å². The van der Waals surface area contributed by atoms with E-state index in [9.17, 15) is 4.79 Å². The Kier molecular flexibility index (Phi) is 6.30. The van der Waals surface area contributed by atoms with Crippen molar-refractivity contribution in [3.05, 3.63) is 78.9 Å². The molecule has 9 nitrogen and oxygen atoms in total. The van der Waals surface area contributed by atoms with Crippen molar-refractivity contribution in [2.75, 3.05) is 45.3 Å². The summed E-state index contributed by atoms with van der Waals surface area (Å²) in [6.07, 6.45) is 5.34. The van der Waals surface area contributed by atoms with Crippen molar-refractivity contribution in [1.82, 2.24) is 24.6 Å². The van der Waals surface area contributed by atoms with E-state index in [1.165, 1.54) is 0 Å². The predicted octanol–water partition coefficient (Wildman–Crippen LogP) is 3.31. The number of carbonyl (C=O) groups excluding carboxylic acids is 1. The van der Waals surface area contributed by atoms with Crippen molar-refractivity contribution in [2.45, 2.75) is 0 Å². The number of hydrogen-bond acceptors (Lipinski definition) is 7. The summed E-state index contributed by atoms with van der Waals surface area (Å²) < 4.78 is 12.6. The fourth-order valence-electron chi connectivity index (χ4n) is 4.17. The molecule has 0 radical (unpaired) electrons. The van der Waals surface area contributed by atoms with Crippen LogP contribution in [0.5, 0.6) is 11.5 Å². The number of hydrogen-bond donors (Lipinski definition) is 0. The van der Waals surface area contributed by atoms with E-state index in [2.05, 4.69) is 14.9 Å². The summed E-state index contributed by atoms with van der Waals surface area (Å²) in [5, 5.41) is 4.72. The Morgan fingerprint density at radius 3 is 2.26 bits per heavy atom. The van der Waals surface area contributed by atoms with E-state index in [1.807, 2.05) is 59.6 Å². The lowest BCUT2D eigenvalue weighted by Gasteiger charge is -2.34. The van der Waals surface area contributed by atoms with Crippen LogP contribution in [0, 0.1) is 0 Å². The van der Waals surface area contributed by atoms with Gasteiger partial charge in [-0.2, -0.15) is 5.10 Å². The summed E-state index contributed by atoms with van der Waals surface area (Å²) in [4.78, 5) is 26.3. The van der Waals surface area contributed by atoms with Gasteiger partial charge in [0.2, 0.25) is 5.95 Å². The second-order valence-corrected chi connectivity index (χ2v) is 8.07. The summed E-state index contributed by atoms with van der Waals surface area (Å²) in [5.41, 5.74) is 2.82. The molecule has 0 bridgehead atoms. The molecule has 1 aliphatic rings. The number of amides is 1. The number of benzene rings is 2. The lowest BCUT2D eigenvalue weighted by Crippen LogP contribution is -2.49. The highest BCUT2D eigenvalue weighted by Crippen LogP contribution is 2.34. The molecule has 0 aliphatic carbocycles. The van der Waals surface area contributed by atoms with Crippen LogP contribution in [0.4, 0.5) is 5.95 Å². The molecule has 3 heterocycles. The molecule has 0 spiro atoms. The summed E-state index contributed by atoms with van der Waals surface area (Å²) in [5.74, 6) is 1.78. The third kappa shape index (κ3) is 4.52. The van der Waals surface area contributed by atoms with Gasteiger partial charge < -0.3 is 19.3 Å². The highest BCUT2D eigenvalue weighted by molar-refractivity contribution is 5.99. The molecule has 2 aromatic carbocycles. The number of anilines is 1. The fraction of sp³-hybridized carbons (Fsp3) is 0.231. The summed E-state index contributed by atoms with van der Waals surface area (Å²) >= 11 is 0. The zero-order valence-corrected chi connectivity index (χ0v) is 19.7. The van der Waals surface area contributed by atoms with Crippen molar-refractivity contribution >= 4 is 11.9 Å². The van der Waals surface area contributed by atoms with Gasteiger partial charge in [0.15, 0.2) is 17.2 Å². The number of rotatable bonds is 6. The van der Waals surface area contributed by atoms with E-state index in [4.69, 9.17) is 14.6 Å². The van der Waals surface area contributed by atoms with E-state index in [0.717, 1.165) is 16.8 Å². The highest BCUT2D eigenvalue weighted by Gasteiger charge is 2.28. The normalized spacial score (nSPS) is 13.5. The minimum atomic E-state index is -0.113. The SMILES string of the molecule is COc1ccc(-c2cn(-c3ccccc3)nc2C(=O)N2CCN(c3ncccn3)CC2)cc1OC. The number of ether oxygens (including phenoxy) is 2. The third-order valence-electron chi connectivity index (χ3n) is 6.03. The van der Waals surface area contributed by atoms with Gasteiger partial charge in [0, 0.05) is 50.3 Å². The van der Waals surface area contributed by atoms with Gasteiger partial charge in [0.05, 0.1) is 19.9 Å². The molecule has 5 rings (SSSR count). The lowest BCUT2D eigenvalue weighted by molar-refractivity contribution is 0.0740. The maximum absolute atomic E-state index is 13.7. The topological polar surface area (TPSA) is 85.6 Å². The van der Waals surface area contributed by atoms with Gasteiger partial charge >= 0.3 is 0 Å². The Balaban J connectivity index is 1.47. The quantitative estimate of drug-likeness (QED) is 0.427. The first-order valence-electron chi connectivity index (χ1n) is 11.4. The molecule has 1 amide bonds. The van der Waals surface area contributed by atoms with Crippen LogP contribution in [-0.2, 0) is 0 Å². The average molecular weight is 471 g/mol. The zero-order valence-electron chi connectivity index (χ0n) is 19.7. The third-order valence-corrected chi connectivity index (χ3v) is 6.03. The average Bonchev–Trinajstić information content (AvgIpc) is 3.39. The standard InChI is InChI=1S/C26H26N6O3/c1-34-22-10-9-19(17-23(22)35-2)21-18-32(20-7-4-3-5-8-20)29-24(21)25(33)30-13-15-31(16-14-30)26-27-11-6-12-28-26/h3-12,17-18H,13-16H2,1-2H3. The van der Waals surface area contributed by atoms with Crippen LogP contribution >= 0.6 is 0 Å². The molecule has 0 N–H and O–H groups in total. The highest BCUT2D eigenvalue weighted by atomic mass is 16.5. The van der Waals surface area contributed by atoms with Gasteiger partial charge in [-0.25, -0.2) is 14.6 Å². The van der Waals surface area contributed by atoms with E-state index in [0.29, 0.717) is 49.3 Å². The maximum atomic E-state index is 13.7. The number of para-hydroxylation sites is 1. The molecule has 0 atom stereocenters. The number of methoxy groups -OCH3 is 2. The van der Waals surface area contributed by atoms with Gasteiger partial charge in [-0.3, -0.25) is 4.79 Å². The molecule has 9 heteroatoms. The Bertz CT molecular complexity index is 1300. The van der Waals surface area contributed by atoms with Crippen LogP contribution in [0.25, 0.3) is 16.8 Å². The fourth-order valence-corrected chi connectivity index (χ4v) is 4.17. The van der Waals surface area contributed by atoms with Gasteiger partial charge in [-0.15, -0.1) is 0 Å². The monoisotopic (exact) mass is 470 g/mol. The lowest BCUT2D eigenvalue weighted by atomic mass is 10.0. The van der Waals surface area contributed by atoms with Crippen molar-refractivity contribution in [1.29, 1.82) is 0 Å². The molecule has 1 saturated heterocycles. The molecule has 4 aromatic rings. The Labute approximate surface area is 203 Å². The Hall–Kier alpha value is -4.40. The number of piperazine rings is 1. The van der Waals surface area contributed by atoms with Gasteiger partial charge in [0.25, 0.3) is 5.91 Å². The van der Waals surface area contributed by atoms with E-state index in [1.54, 1.807) is 37.4 Å². The Morgan fingerprint density at radius 1 is 0.857 bits per heavy atom. The smallest absolute Gasteiger partial charge is 0.275 e. The second kappa shape index (κ2) is 9.84. The van der Waals surface area contributed by atoms with Crippen LogP contribution in [-0.4, -0.2) is 71.0 Å². The number of aromatic nitrogens is 4. The molecule has 0 unspecified atom stereocenters. The van der Waals surface area contributed by atoms with Crippen LogP contribution < -0.4 is 14.4 Å².